The second-order valence-electron chi connectivity index (χ2n) is 12.5. The monoisotopic (exact) mass is 597 g/mol. The molecule has 10 heteroatoms. The zero-order valence-electron chi connectivity index (χ0n) is 25.8. The molecule has 0 radical (unpaired) electrons. The van der Waals surface area contributed by atoms with E-state index in [1.165, 1.54) is 36.5 Å². The summed E-state index contributed by atoms with van der Waals surface area (Å²) < 4.78 is 28.7. The van der Waals surface area contributed by atoms with Crippen molar-refractivity contribution in [3.05, 3.63) is 46.3 Å². The van der Waals surface area contributed by atoms with Crippen LogP contribution in [0.1, 0.15) is 81.4 Å². The molecule has 1 aromatic rings. The Labute approximate surface area is 255 Å². The molecule has 0 aliphatic carbocycles. The summed E-state index contributed by atoms with van der Waals surface area (Å²) in [6.07, 6.45) is 9.35. The van der Waals surface area contributed by atoms with Gasteiger partial charge in [-0.2, -0.15) is 0 Å². The van der Waals surface area contributed by atoms with Gasteiger partial charge in [0.05, 0.1) is 6.04 Å². The molecule has 43 heavy (non-hydrogen) atoms. The van der Waals surface area contributed by atoms with E-state index in [1.807, 2.05) is 11.0 Å². The van der Waals surface area contributed by atoms with Gasteiger partial charge in [-0.15, -0.1) is 0 Å². The average Bonchev–Trinajstić information content (AvgIpc) is 3.01. The number of anilines is 1. The summed E-state index contributed by atoms with van der Waals surface area (Å²) in [5, 5.41) is 11.1. The molecule has 1 amide bonds. The minimum absolute atomic E-state index is 0.0448. The van der Waals surface area contributed by atoms with Crippen LogP contribution in [0.15, 0.2) is 34.6 Å². The number of hydrogen-bond donors (Lipinski definition) is 4. The third kappa shape index (κ3) is 7.58. The molecule has 1 aromatic carbocycles. The van der Waals surface area contributed by atoms with Crippen LogP contribution in [0.25, 0.3) is 5.57 Å². The van der Waals surface area contributed by atoms with Crippen LogP contribution in [-0.4, -0.2) is 86.4 Å². The maximum Gasteiger partial charge on any atom is 0.264 e. The van der Waals surface area contributed by atoms with Crippen molar-refractivity contribution in [1.29, 1.82) is 0 Å². The van der Waals surface area contributed by atoms with Crippen molar-refractivity contribution in [3.63, 3.8) is 0 Å². The van der Waals surface area contributed by atoms with E-state index >= 15 is 0 Å². The number of aliphatic imine (C=N–C) groups is 1. The van der Waals surface area contributed by atoms with E-state index in [9.17, 15) is 13.6 Å². The number of piperidine rings is 2. The van der Waals surface area contributed by atoms with Crippen LogP contribution in [0.5, 0.6) is 0 Å². The molecule has 1 unspecified atom stereocenters. The van der Waals surface area contributed by atoms with Gasteiger partial charge in [0.2, 0.25) is 5.91 Å². The summed E-state index contributed by atoms with van der Waals surface area (Å²) in [4.78, 5) is 21.1. The molecule has 4 heterocycles. The minimum atomic E-state index is -2.65. The highest BCUT2D eigenvalue weighted by Crippen LogP contribution is 2.36. The van der Waals surface area contributed by atoms with Crippen molar-refractivity contribution in [1.82, 2.24) is 20.4 Å². The summed E-state index contributed by atoms with van der Waals surface area (Å²) in [5.41, 5.74) is 10.9. The first-order valence-corrected chi connectivity index (χ1v) is 16.1. The number of nitrogens with zero attached hydrogens (tertiary/aromatic N) is 3. The van der Waals surface area contributed by atoms with E-state index in [0.29, 0.717) is 36.3 Å². The lowest BCUT2D eigenvalue weighted by Gasteiger charge is -2.41. The third-order valence-corrected chi connectivity index (χ3v) is 9.77. The van der Waals surface area contributed by atoms with Crippen molar-refractivity contribution in [3.8, 4) is 0 Å². The smallest absolute Gasteiger partial charge is 0.264 e. The van der Waals surface area contributed by atoms with E-state index < -0.39 is 6.43 Å². The Bertz CT molecular complexity index is 1220. The number of carbonyl (C=O) groups is 1. The van der Waals surface area contributed by atoms with Gasteiger partial charge in [-0.05, 0) is 86.9 Å². The topological polar surface area (TPSA) is 98.0 Å². The molecule has 0 saturated carbocycles. The van der Waals surface area contributed by atoms with Gasteiger partial charge in [0.15, 0.2) is 0 Å². The van der Waals surface area contributed by atoms with Crippen LogP contribution in [0.4, 0.5) is 14.5 Å². The predicted octanol–water partition coefficient (Wildman–Crippen LogP) is 4.44. The molecular weight excluding hydrogens is 548 g/mol. The van der Waals surface area contributed by atoms with Gasteiger partial charge in [0.1, 0.15) is 0 Å². The van der Waals surface area contributed by atoms with Gasteiger partial charge in [-0.1, -0.05) is 6.42 Å². The Morgan fingerprint density at radius 3 is 2.53 bits per heavy atom. The second-order valence-corrected chi connectivity index (χ2v) is 12.5. The quantitative estimate of drug-likeness (QED) is 0.347. The number of amides is 1. The van der Waals surface area contributed by atoms with E-state index in [1.54, 1.807) is 20.0 Å². The lowest BCUT2D eigenvalue weighted by molar-refractivity contribution is -0.128. The van der Waals surface area contributed by atoms with Crippen molar-refractivity contribution >= 4 is 23.4 Å². The number of likely N-dealkylation sites (tertiary alicyclic amines) is 1. The largest absolute Gasteiger partial charge is 0.404 e. The summed E-state index contributed by atoms with van der Waals surface area (Å²) in [5.74, 6) is 0.0707. The molecule has 2 fully saturated rings. The predicted molar refractivity (Wildman–Crippen MR) is 170 cm³/mol. The van der Waals surface area contributed by atoms with E-state index in [-0.39, 0.29) is 17.5 Å². The number of fused-ring (bicyclic) bond motifs is 1. The fourth-order valence-corrected chi connectivity index (χ4v) is 7.33. The first-order chi connectivity index (χ1) is 20.9. The lowest BCUT2D eigenvalue weighted by atomic mass is 9.88. The standard InChI is InChI=1S/C33H49F2N7O/c1-22(43)42-16-11-31(39-25-9-14-41(15-10-25)26-7-12-38-13-8-26)29(21-42)30-6-4-3-5-23-17-27(24(19-36)20-37-2)28(33(34)35)18-32(23)40-30/h17-20,25-26,30,33,38-40H,3-16,21,36H2,1-2H3/b24-19+,37-20?. The Morgan fingerprint density at radius 2 is 1.86 bits per heavy atom. The van der Waals surface area contributed by atoms with Crippen LogP contribution in [0, 0.1) is 0 Å². The van der Waals surface area contributed by atoms with Gasteiger partial charge < -0.3 is 31.5 Å². The maximum absolute atomic E-state index is 14.4. The fraction of sp³-hybridized carbons (Fsp3) is 0.636. The van der Waals surface area contributed by atoms with Crippen LogP contribution in [-0.2, 0) is 11.2 Å². The van der Waals surface area contributed by atoms with Crippen molar-refractivity contribution < 1.29 is 13.6 Å². The number of nitrogens with two attached hydrogens (primary N) is 1. The Hall–Kier alpha value is -2.98. The number of allylic oxidation sites excluding steroid dienone is 1. The van der Waals surface area contributed by atoms with Gasteiger partial charge >= 0.3 is 0 Å². The maximum atomic E-state index is 14.4. The molecule has 2 saturated heterocycles. The SMILES string of the molecule is CN=C/C(=C\N)c1cc2c(cc1C(F)F)NC(C1=C(NC3CCN(C4CCNCC4)CC3)CCN(C(C)=O)C1)CCCC2. The van der Waals surface area contributed by atoms with Gasteiger partial charge in [-0.3, -0.25) is 9.79 Å². The Morgan fingerprint density at radius 1 is 1.09 bits per heavy atom. The summed E-state index contributed by atoms with van der Waals surface area (Å²) in [7, 11) is 1.61. The van der Waals surface area contributed by atoms with Crippen LogP contribution in [0.2, 0.25) is 0 Å². The molecule has 4 aliphatic rings. The zero-order valence-corrected chi connectivity index (χ0v) is 25.8. The van der Waals surface area contributed by atoms with Crippen LogP contribution < -0.4 is 21.7 Å². The third-order valence-electron chi connectivity index (χ3n) is 9.77. The zero-order chi connectivity index (χ0) is 30.3. The van der Waals surface area contributed by atoms with Crippen molar-refractivity contribution in [2.24, 2.45) is 10.7 Å². The van der Waals surface area contributed by atoms with Crippen LogP contribution in [0.3, 0.4) is 0 Å². The first kappa shape index (κ1) is 31.4. The highest BCUT2D eigenvalue weighted by atomic mass is 19.3. The molecule has 1 atom stereocenters. The van der Waals surface area contributed by atoms with Gasteiger partial charge in [-0.25, -0.2) is 8.78 Å². The molecule has 236 valence electrons. The number of nitrogens with one attached hydrogen (secondary N) is 3. The molecule has 0 spiro atoms. The molecule has 0 bridgehead atoms. The van der Waals surface area contributed by atoms with E-state index in [2.05, 4.69) is 25.8 Å². The summed E-state index contributed by atoms with van der Waals surface area (Å²) in [6.45, 7) is 7.34. The molecular formula is C33H49F2N7O. The molecule has 4 aliphatic heterocycles. The number of aryl methyl sites for hydroxylation is 1. The fourth-order valence-electron chi connectivity index (χ4n) is 7.33. The number of hydrogen-bond acceptors (Lipinski definition) is 7. The number of halogens is 2. The summed E-state index contributed by atoms with van der Waals surface area (Å²) in [6, 6.07) is 4.52. The van der Waals surface area contributed by atoms with E-state index in [0.717, 1.165) is 82.4 Å². The van der Waals surface area contributed by atoms with Crippen molar-refractivity contribution in [2.45, 2.75) is 89.3 Å². The van der Waals surface area contributed by atoms with E-state index in [4.69, 9.17) is 5.73 Å². The van der Waals surface area contributed by atoms with Gasteiger partial charge in [0.25, 0.3) is 6.43 Å². The Balaban J connectivity index is 1.40. The average molecular weight is 598 g/mol. The first-order valence-electron chi connectivity index (χ1n) is 16.1. The lowest BCUT2D eigenvalue weighted by Crippen LogP contribution is -2.50. The highest BCUT2D eigenvalue weighted by Gasteiger charge is 2.31. The van der Waals surface area contributed by atoms with Crippen molar-refractivity contribution in [2.75, 3.05) is 51.6 Å². The van der Waals surface area contributed by atoms with Gasteiger partial charge in [0, 0.05) is 93.6 Å². The number of rotatable bonds is 7. The number of alkyl halides is 2. The molecule has 5 N–H and O–H groups in total. The Kier molecular flexibility index (Phi) is 10.7. The molecule has 8 nitrogen and oxygen atoms in total. The summed E-state index contributed by atoms with van der Waals surface area (Å²) >= 11 is 0. The normalized spacial score (nSPS) is 23.7. The highest BCUT2D eigenvalue weighted by molar-refractivity contribution is 6.10. The number of benzene rings is 1. The minimum Gasteiger partial charge on any atom is -0.404 e. The van der Waals surface area contributed by atoms with Crippen LogP contribution >= 0.6 is 0 Å². The molecule has 5 rings (SSSR count). The second kappa shape index (κ2) is 14.7. The number of carbonyl (C=O) groups excluding carboxylic acids is 1. The molecule has 0 aromatic heterocycles.